The maximum absolute atomic E-state index is 6.06. The first-order valence-electron chi connectivity index (χ1n) is 7.77. The van der Waals surface area contributed by atoms with Gasteiger partial charge in [-0.15, -0.1) is 0 Å². The van der Waals surface area contributed by atoms with E-state index < -0.39 is 0 Å². The highest BCUT2D eigenvalue weighted by Gasteiger charge is 2.29. The van der Waals surface area contributed by atoms with Crippen LogP contribution in [-0.4, -0.2) is 27.5 Å². The number of nitrogens with one attached hydrogen (secondary N) is 1. The highest BCUT2D eigenvalue weighted by Crippen LogP contribution is 2.37. The summed E-state index contributed by atoms with van der Waals surface area (Å²) in [5.41, 5.74) is 4.66. The monoisotopic (exact) mass is 343 g/mol. The molecule has 1 fully saturated rings. The van der Waals surface area contributed by atoms with Crippen molar-refractivity contribution in [2.24, 2.45) is 0 Å². The van der Waals surface area contributed by atoms with E-state index in [1.807, 2.05) is 23.9 Å². The Balaban J connectivity index is 1.75. The zero-order valence-corrected chi connectivity index (χ0v) is 14.4. The molecule has 1 N–H and O–H groups in total. The largest absolute Gasteiger partial charge is 0.360 e. The molecule has 0 amide bonds. The Morgan fingerprint density at radius 1 is 1.17 bits per heavy atom. The summed E-state index contributed by atoms with van der Waals surface area (Å²) in [5.74, 6) is 2.23. The van der Waals surface area contributed by atoms with Crippen LogP contribution < -0.4 is 4.90 Å². The van der Waals surface area contributed by atoms with Crippen LogP contribution in [0.4, 0.5) is 5.69 Å². The zero-order valence-electron chi connectivity index (χ0n) is 12.9. The van der Waals surface area contributed by atoms with Crippen molar-refractivity contribution in [2.75, 3.05) is 16.4 Å². The molecule has 0 spiro atoms. The molecule has 23 heavy (non-hydrogen) atoms. The molecule has 1 aromatic heterocycles. The molecule has 1 saturated heterocycles. The van der Waals surface area contributed by atoms with Gasteiger partial charge in [-0.1, -0.05) is 23.7 Å². The van der Waals surface area contributed by atoms with E-state index in [4.69, 9.17) is 11.6 Å². The minimum absolute atomic E-state index is 0.362. The summed E-state index contributed by atoms with van der Waals surface area (Å²) in [6.07, 6.45) is 1.75. The number of hydrogen-bond acceptors (Lipinski definition) is 3. The Morgan fingerprint density at radius 2 is 2.00 bits per heavy atom. The molecule has 2 atom stereocenters. The third-order valence-corrected chi connectivity index (χ3v) is 5.92. The Labute approximate surface area is 145 Å². The fourth-order valence-electron chi connectivity index (χ4n) is 3.28. The maximum Gasteiger partial charge on any atom is 0.0931 e. The van der Waals surface area contributed by atoms with Crippen LogP contribution in [0.15, 0.2) is 48.8 Å². The third kappa shape index (κ3) is 2.81. The molecule has 0 saturated carbocycles. The summed E-state index contributed by atoms with van der Waals surface area (Å²) in [6, 6.07) is 15.6. The SMILES string of the molecule is CC1CSCC(c2ccc(Cl)cc2)N1c1ccc2nc[nH]c2c1. The van der Waals surface area contributed by atoms with Gasteiger partial charge in [0.2, 0.25) is 0 Å². The summed E-state index contributed by atoms with van der Waals surface area (Å²) in [5, 5.41) is 0.788. The van der Waals surface area contributed by atoms with Gasteiger partial charge in [-0.2, -0.15) is 11.8 Å². The predicted molar refractivity (Wildman–Crippen MR) is 99.6 cm³/mol. The normalized spacial score (nSPS) is 21.7. The van der Waals surface area contributed by atoms with Crippen molar-refractivity contribution < 1.29 is 0 Å². The van der Waals surface area contributed by atoms with Gasteiger partial charge in [0.15, 0.2) is 0 Å². The standard InChI is InChI=1S/C18H18ClN3S/c1-12-9-23-10-18(13-2-4-14(19)5-3-13)22(12)15-6-7-16-17(8-15)21-11-20-16/h2-8,11-12,18H,9-10H2,1H3,(H,20,21). The van der Waals surface area contributed by atoms with Gasteiger partial charge in [0.05, 0.1) is 23.4 Å². The second kappa shape index (κ2) is 6.10. The molecule has 2 aromatic carbocycles. The zero-order chi connectivity index (χ0) is 15.8. The number of fused-ring (bicyclic) bond motifs is 1. The first-order valence-corrected chi connectivity index (χ1v) is 9.30. The lowest BCUT2D eigenvalue weighted by atomic mass is 10.0. The smallest absolute Gasteiger partial charge is 0.0931 e. The van der Waals surface area contributed by atoms with Crippen LogP contribution in [0, 0.1) is 0 Å². The van der Waals surface area contributed by atoms with Crippen LogP contribution in [0.5, 0.6) is 0 Å². The Bertz CT molecular complexity index is 815. The first kappa shape index (κ1) is 14.9. The number of halogens is 1. The van der Waals surface area contributed by atoms with Crippen LogP contribution in [0.1, 0.15) is 18.5 Å². The quantitative estimate of drug-likeness (QED) is 0.718. The number of hydrogen-bond donors (Lipinski definition) is 1. The van der Waals surface area contributed by atoms with Crippen LogP contribution in [0.3, 0.4) is 0 Å². The van der Waals surface area contributed by atoms with Gasteiger partial charge in [-0.25, -0.2) is 4.98 Å². The van der Waals surface area contributed by atoms with Gasteiger partial charge < -0.3 is 9.88 Å². The molecule has 2 heterocycles. The van der Waals surface area contributed by atoms with Crippen molar-refractivity contribution in [1.29, 1.82) is 0 Å². The lowest BCUT2D eigenvalue weighted by Crippen LogP contribution is -2.43. The van der Waals surface area contributed by atoms with E-state index in [0.29, 0.717) is 12.1 Å². The number of benzene rings is 2. The first-order chi connectivity index (χ1) is 11.2. The summed E-state index contributed by atoms with van der Waals surface area (Å²) >= 11 is 8.07. The highest BCUT2D eigenvalue weighted by molar-refractivity contribution is 7.99. The number of rotatable bonds is 2. The number of anilines is 1. The lowest BCUT2D eigenvalue weighted by Gasteiger charge is -2.42. The summed E-state index contributed by atoms with van der Waals surface area (Å²) in [7, 11) is 0. The number of aromatic amines is 1. The Kier molecular flexibility index (Phi) is 3.95. The van der Waals surface area contributed by atoms with Gasteiger partial charge in [-0.3, -0.25) is 0 Å². The summed E-state index contributed by atoms with van der Waals surface area (Å²) in [4.78, 5) is 10.1. The lowest BCUT2D eigenvalue weighted by molar-refractivity contribution is 0.593. The number of thioether (sulfide) groups is 1. The van der Waals surface area contributed by atoms with E-state index in [1.165, 1.54) is 11.3 Å². The molecule has 0 radical (unpaired) electrons. The predicted octanol–water partition coefficient (Wildman–Crippen LogP) is 4.90. The molecule has 1 aliphatic rings. The van der Waals surface area contributed by atoms with Crippen molar-refractivity contribution >= 4 is 40.1 Å². The topological polar surface area (TPSA) is 31.9 Å². The van der Waals surface area contributed by atoms with E-state index in [0.717, 1.165) is 27.6 Å². The molecular formula is C18H18ClN3S. The Hall–Kier alpha value is -1.65. The minimum atomic E-state index is 0.362. The minimum Gasteiger partial charge on any atom is -0.360 e. The van der Waals surface area contributed by atoms with Crippen LogP contribution in [-0.2, 0) is 0 Å². The van der Waals surface area contributed by atoms with Crippen LogP contribution in [0.2, 0.25) is 5.02 Å². The van der Waals surface area contributed by atoms with Crippen LogP contribution in [0.25, 0.3) is 11.0 Å². The molecular weight excluding hydrogens is 326 g/mol. The molecule has 0 bridgehead atoms. The molecule has 1 aliphatic heterocycles. The van der Waals surface area contributed by atoms with Crippen molar-refractivity contribution in [3.8, 4) is 0 Å². The van der Waals surface area contributed by atoms with Crippen molar-refractivity contribution in [3.63, 3.8) is 0 Å². The summed E-state index contributed by atoms with van der Waals surface area (Å²) < 4.78 is 0. The van der Waals surface area contributed by atoms with Gasteiger partial charge >= 0.3 is 0 Å². The van der Waals surface area contributed by atoms with E-state index in [2.05, 4.69) is 52.1 Å². The number of aromatic nitrogens is 2. The molecule has 3 nitrogen and oxygen atoms in total. The maximum atomic E-state index is 6.06. The second-order valence-electron chi connectivity index (χ2n) is 5.97. The van der Waals surface area contributed by atoms with Gasteiger partial charge in [0.1, 0.15) is 0 Å². The fourth-order valence-corrected chi connectivity index (χ4v) is 4.62. The van der Waals surface area contributed by atoms with E-state index >= 15 is 0 Å². The molecule has 0 aliphatic carbocycles. The van der Waals surface area contributed by atoms with Crippen molar-refractivity contribution in [1.82, 2.24) is 9.97 Å². The molecule has 3 aromatic rings. The number of imidazole rings is 1. The average Bonchev–Trinajstić information content (AvgIpc) is 3.03. The van der Waals surface area contributed by atoms with E-state index in [-0.39, 0.29) is 0 Å². The molecule has 5 heteroatoms. The van der Waals surface area contributed by atoms with Crippen molar-refractivity contribution in [3.05, 3.63) is 59.4 Å². The van der Waals surface area contributed by atoms with Gasteiger partial charge in [-0.05, 0) is 42.8 Å². The van der Waals surface area contributed by atoms with E-state index in [1.54, 1.807) is 6.33 Å². The second-order valence-corrected chi connectivity index (χ2v) is 7.48. The van der Waals surface area contributed by atoms with Gasteiger partial charge in [0.25, 0.3) is 0 Å². The fraction of sp³-hybridized carbons (Fsp3) is 0.278. The third-order valence-electron chi connectivity index (χ3n) is 4.40. The molecule has 118 valence electrons. The molecule has 4 rings (SSSR count). The average molecular weight is 344 g/mol. The van der Waals surface area contributed by atoms with Crippen molar-refractivity contribution in [2.45, 2.75) is 19.0 Å². The highest BCUT2D eigenvalue weighted by atomic mass is 35.5. The Morgan fingerprint density at radius 3 is 2.83 bits per heavy atom. The molecule has 2 unspecified atom stereocenters. The van der Waals surface area contributed by atoms with Gasteiger partial charge in [0, 0.05) is 28.3 Å². The number of H-pyrrole nitrogens is 1. The van der Waals surface area contributed by atoms with E-state index in [9.17, 15) is 0 Å². The van der Waals surface area contributed by atoms with Crippen LogP contribution >= 0.6 is 23.4 Å². The number of nitrogens with zero attached hydrogens (tertiary/aromatic N) is 2. The summed E-state index contributed by atoms with van der Waals surface area (Å²) in [6.45, 7) is 2.30.